The van der Waals surface area contributed by atoms with Gasteiger partial charge in [0.15, 0.2) is 12.4 Å². The number of rotatable bonds is 6. The number of ether oxygens (including phenoxy) is 2. The Morgan fingerprint density at radius 3 is 2.44 bits per heavy atom. The van der Waals surface area contributed by atoms with Crippen LogP contribution in [0.4, 0.5) is 0 Å². The number of likely N-dealkylation sites (tertiary alicyclic amines) is 1. The molecule has 8 heteroatoms. The summed E-state index contributed by atoms with van der Waals surface area (Å²) in [5, 5.41) is 0. The number of hydrogen-bond donors (Lipinski definition) is 1. The lowest BCUT2D eigenvalue weighted by Gasteiger charge is -2.33. The molecular formula is C19H26N2O6. The molecule has 1 saturated heterocycles. The maximum atomic E-state index is 12.5. The minimum Gasteiger partial charge on any atom is -0.464 e. The van der Waals surface area contributed by atoms with Crippen molar-refractivity contribution in [2.75, 3.05) is 19.8 Å². The molecule has 2 rings (SSSR count). The van der Waals surface area contributed by atoms with E-state index in [-0.39, 0.29) is 18.1 Å². The van der Waals surface area contributed by atoms with E-state index in [0.717, 1.165) is 12.8 Å². The first kappa shape index (κ1) is 20.7. The second kappa shape index (κ2) is 8.83. The molecule has 0 aromatic carbocycles. The van der Waals surface area contributed by atoms with Crippen LogP contribution in [0.5, 0.6) is 0 Å². The molecule has 1 aromatic heterocycles. The van der Waals surface area contributed by atoms with E-state index < -0.39 is 30.5 Å². The third-order valence-electron chi connectivity index (χ3n) is 4.70. The molecule has 1 amide bonds. The summed E-state index contributed by atoms with van der Waals surface area (Å²) in [4.78, 5) is 52.8. The summed E-state index contributed by atoms with van der Waals surface area (Å²) < 4.78 is 10.2. The van der Waals surface area contributed by atoms with Crippen LogP contribution in [0, 0.1) is 13.8 Å². The molecule has 0 spiro atoms. The van der Waals surface area contributed by atoms with Gasteiger partial charge in [0.05, 0.1) is 6.61 Å². The molecule has 2 heterocycles. The van der Waals surface area contributed by atoms with Crippen LogP contribution in [-0.4, -0.2) is 59.3 Å². The summed E-state index contributed by atoms with van der Waals surface area (Å²) >= 11 is 0. The Balaban J connectivity index is 2.04. The highest BCUT2D eigenvalue weighted by molar-refractivity contribution is 6.01. The number of hydrogen-bond acceptors (Lipinski definition) is 6. The average molecular weight is 378 g/mol. The van der Waals surface area contributed by atoms with Crippen LogP contribution in [0.25, 0.3) is 0 Å². The minimum absolute atomic E-state index is 0.151. The molecule has 148 valence electrons. The summed E-state index contributed by atoms with van der Waals surface area (Å²) in [5.41, 5.74) is 1.69. The molecule has 0 saturated carbocycles. The lowest BCUT2D eigenvalue weighted by molar-refractivity contribution is -0.157. The number of ketones is 1. The molecule has 1 aliphatic heterocycles. The number of Topliss-reactive ketones (excluding diaryl/α,β-unsaturated/α-hetero) is 1. The molecule has 1 aromatic rings. The highest BCUT2D eigenvalue weighted by Crippen LogP contribution is 2.21. The molecule has 1 aliphatic rings. The van der Waals surface area contributed by atoms with E-state index >= 15 is 0 Å². The maximum Gasteiger partial charge on any atom is 0.355 e. The van der Waals surface area contributed by atoms with Gasteiger partial charge >= 0.3 is 11.9 Å². The van der Waals surface area contributed by atoms with E-state index in [1.54, 1.807) is 20.8 Å². The van der Waals surface area contributed by atoms with E-state index in [0.29, 0.717) is 29.8 Å². The monoisotopic (exact) mass is 378 g/mol. The highest BCUT2D eigenvalue weighted by Gasteiger charge is 2.33. The number of aromatic amines is 1. The first-order valence-corrected chi connectivity index (χ1v) is 9.11. The standard InChI is InChI=1S/C19H26N2O6/c1-5-26-18(24)14-8-6-7-9-21(14)15(23)10-27-19(25)17-11(2)16(13(4)22)12(3)20-17/h14,20H,5-10H2,1-4H3/t14-/m0/s1. The molecule has 0 unspecified atom stereocenters. The van der Waals surface area contributed by atoms with Gasteiger partial charge in [-0.3, -0.25) is 9.59 Å². The van der Waals surface area contributed by atoms with E-state index in [2.05, 4.69) is 4.98 Å². The van der Waals surface area contributed by atoms with Crippen LogP contribution in [0.3, 0.4) is 0 Å². The van der Waals surface area contributed by atoms with Crippen LogP contribution in [0.1, 0.15) is 65.2 Å². The molecule has 1 atom stereocenters. The maximum absolute atomic E-state index is 12.5. The van der Waals surface area contributed by atoms with Gasteiger partial charge in [-0.2, -0.15) is 0 Å². The third-order valence-corrected chi connectivity index (χ3v) is 4.70. The van der Waals surface area contributed by atoms with Gasteiger partial charge < -0.3 is 19.4 Å². The average Bonchev–Trinajstić information content (AvgIpc) is 2.94. The Hall–Kier alpha value is -2.64. The van der Waals surface area contributed by atoms with E-state index in [9.17, 15) is 19.2 Å². The molecule has 8 nitrogen and oxygen atoms in total. The number of carbonyl (C=O) groups is 4. The van der Waals surface area contributed by atoms with Crippen molar-refractivity contribution in [2.24, 2.45) is 0 Å². The van der Waals surface area contributed by atoms with Crippen molar-refractivity contribution >= 4 is 23.6 Å². The summed E-state index contributed by atoms with van der Waals surface area (Å²) in [6.45, 7) is 6.69. The molecule has 27 heavy (non-hydrogen) atoms. The second-order valence-electron chi connectivity index (χ2n) is 6.61. The SMILES string of the molecule is CCOC(=O)[C@@H]1CCCCN1C(=O)COC(=O)c1[nH]c(C)c(C(C)=O)c1C. The van der Waals surface area contributed by atoms with Crippen molar-refractivity contribution in [1.29, 1.82) is 0 Å². The quantitative estimate of drug-likeness (QED) is 0.599. The fraction of sp³-hybridized carbons (Fsp3) is 0.579. The van der Waals surface area contributed by atoms with Crippen LogP contribution >= 0.6 is 0 Å². The number of piperidine rings is 1. The highest BCUT2D eigenvalue weighted by atomic mass is 16.5. The van der Waals surface area contributed by atoms with Crippen molar-refractivity contribution < 1.29 is 28.7 Å². The zero-order valence-electron chi connectivity index (χ0n) is 16.2. The third kappa shape index (κ3) is 4.56. The van der Waals surface area contributed by atoms with Crippen molar-refractivity contribution in [1.82, 2.24) is 9.88 Å². The molecule has 0 aliphatic carbocycles. The predicted octanol–water partition coefficient (Wildman–Crippen LogP) is 1.94. The number of esters is 2. The number of nitrogens with one attached hydrogen (secondary N) is 1. The van der Waals surface area contributed by atoms with E-state index in [4.69, 9.17) is 9.47 Å². The zero-order valence-corrected chi connectivity index (χ0v) is 16.2. The van der Waals surface area contributed by atoms with Gasteiger partial charge in [0, 0.05) is 17.8 Å². The molecule has 0 radical (unpaired) electrons. The molecule has 1 fully saturated rings. The minimum atomic E-state index is -0.707. The Kier molecular flexibility index (Phi) is 6.76. The first-order valence-electron chi connectivity index (χ1n) is 9.11. The van der Waals surface area contributed by atoms with Gasteiger partial charge in [0.25, 0.3) is 5.91 Å². The van der Waals surface area contributed by atoms with Crippen LogP contribution in [0.15, 0.2) is 0 Å². The first-order chi connectivity index (χ1) is 12.8. The van der Waals surface area contributed by atoms with Crippen LogP contribution < -0.4 is 0 Å². The van der Waals surface area contributed by atoms with Crippen LogP contribution in [-0.2, 0) is 19.1 Å². The summed E-state index contributed by atoms with van der Waals surface area (Å²) in [5.74, 6) is -1.73. The Morgan fingerprint density at radius 2 is 1.85 bits per heavy atom. The van der Waals surface area contributed by atoms with E-state index in [1.807, 2.05) is 0 Å². The predicted molar refractivity (Wildman–Crippen MR) is 96.5 cm³/mol. The van der Waals surface area contributed by atoms with Gasteiger partial charge in [-0.25, -0.2) is 9.59 Å². The van der Waals surface area contributed by atoms with Gasteiger partial charge in [0.1, 0.15) is 11.7 Å². The largest absolute Gasteiger partial charge is 0.464 e. The normalized spacial score (nSPS) is 16.7. The number of aromatic nitrogens is 1. The number of carbonyl (C=O) groups excluding carboxylic acids is 4. The summed E-state index contributed by atoms with van der Waals surface area (Å²) in [6, 6.07) is -0.635. The molecular weight excluding hydrogens is 352 g/mol. The Bertz CT molecular complexity index is 752. The summed E-state index contributed by atoms with van der Waals surface area (Å²) in [7, 11) is 0. The molecule has 0 bridgehead atoms. The lowest BCUT2D eigenvalue weighted by atomic mass is 10.0. The fourth-order valence-electron chi connectivity index (χ4n) is 3.48. The lowest BCUT2D eigenvalue weighted by Crippen LogP contribution is -2.50. The van der Waals surface area contributed by atoms with Crippen molar-refractivity contribution in [3.8, 4) is 0 Å². The fourth-order valence-corrected chi connectivity index (χ4v) is 3.48. The Labute approximate surface area is 158 Å². The van der Waals surface area contributed by atoms with Crippen molar-refractivity contribution in [3.63, 3.8) is 0 Å². The number of H-pyrrole nitrogens is 1. The summed E-state index contributed by atoms with van der Waals surface area (Å²) in [6.07, 6.45) is 2.16. The van der Waals surface area contributed by atoms with Gasteiger partial charge in [0.2, 0.25) is 0 Å². The molecule has 1 N–H and O–H groups in total. The van der Waals surface area contributed by atoms with E-state index in [1.165, 1.54) is 11.8 Å². The van der Waals surface area contributed by atoms with Gasteiger partial charge in [-0.05, 0) is 52.5 Å². The van der Waals surface area contributed by atoms with Crippen molar-refractivity contribution in [3.05, 3.63) is 22.5 Å². The van der Waals surface area contributed by atoms with Gasteiger partial charge in [-0.1, -0.05) is 0 Å². The topological polar surface area (TPSA) is 106 Å². The van der Waals surface area contributed by atoms with Gasteiger partial charge in [-0.15, -0.1) is 0 Å². The van der Waals surface area contributed by atoms with Crippen molar-refractivity contribution in [2.45, 2.75) is 53.0 Å². The number of amides is 1. The smallest absolute Gasteiger partial charge is 0.355 e. The number of aryl methyl sites for hydroxylation is 1. The number of nitrogens with zero attached hydrogens (tertiary/aromatic N) is 1. The van der Waals surface area contributed by atoms with Crippen LogP contribution in [0.2, 0.25) is 0 Å². The second-order valence-corrected chi connectivity index (χ2v) is 6.61. The zero-order chi connectivity index (χ0) is 20.1. The Morgan fingerprint density at radius 1 is 1.15 bits per heavy atom.